The third-order valence-corrected chi connectivity index (χ3v) is 8.27. The maximum Gasteiger partial charge on any atom is 0.271 e. The number of thiazole rings is 1. The van der Waals surface area contributed by atoms with Crippen molar-refractivity contribution in [3.63, 3.8) is 0 Å². The number of hydrogen-bond donors (Lipinski definition) is 0. The van der Waals surface area contributed by atoms with E-state index in [1.165, 1.54) is 16.9 Å². The van der Waals surface area contributed by atoms with Gasteiger partial charge in [0.2, 0.25) is 6.79 Å². The Balaban J connectivity index is 1.46. The van der Waals surface area contributed by atoms with Crippen LogP contribution in [-0.2, 0) is 6.42 Å². The molecule has 2 aliphatic heterocycles. The van der Waals surface area contributed by atoms with Gasteiger partial charge in [-0.25, -0.2) is 4.99 Å². The van der Waals surface area contributed by atoms with Crippen LogP contribution in [0, 0.1) is 0 Å². The van der Waals surface area contributed by atoms with E-state index < -0.39 is 0 Å². The van der Waals surface area contributed by atoms with Crippen LogP contribution >= 0.6 is 11.3 Å². The third kappa shape index (κ3) is 3.55. The molecule has 38 heavy (non-hydrogen) atoms. The maximum atomic E-state index is 14.0. The van der Waals surface area contributed by atoms with Crippen LogP contribution in [-0.4, -0.2) is 25.6 Å². The topological polar surface area (TPSA) is 71.3 Å². The van der Waals surface area contributed by atoms with Crippen LogP contribution in [0.2, 0.25) is 0 Å². The third-order valence-electron chi connectivity index (χ3n) is 7.29. The lowest BCUT2D eigenvalue weighted by Crippen LogP contribution is -2.38. The average Bonchev–Trinajstić information content (AvgIpc) is 3.55. The summed E-state index contributed by atoms with van der Waals surface area (Å²) in [4.78, 5) is 19.7. The van der Waals surface area contributed by atoms with Gasteiger partial charge >= 0.3 is 0 Å². The molecule has 7 rings (SSSR count). The molecule has 190 valence electrons. The first-order valence-corrected chi connectivity index (χ1v) is 13.2. The predicted octanol–water partition coefficient (Wildman–Crippen LogP) is 4.06. The lowest BCUT2D eigenvalue weighted by atomic mass is 9.83. The number of fused-ring (bicyclic) bond motifs is 4. The Labute approximate surface area is 222 Å². The highest BCUT2D eigenvalue weighted by Gasteiger charge is 2.33. The number of hydrogen-bond acceptors (Lipinski definition) is 7. The Morgan fingerprint density at radius 1 is 0.974 bits per heavy atom. The Hall–Kier alpha value is -4.30. The van der Waals surface area contributed by atoms with Gasteiger partial charge in [0.15, 0.2) is 27.8 Å². The van der Waals surface area contributed by atoms with Gasteiger partial charge in [0.1, 0.15) is 0 Å². The molecule has 0 radical (unpaired) electrons. The predicted molar refractivity (Wildman–Crippen MR) is 145 cm³/mol. The molecule has 3 aliphatic rings. The number of benzene rings is 3. The van der Waals surface area contributed by atoms with Gasteiger partial charge in [-0.2, -0.15) is 0 Å². The zero-order chi connectivity index (χ0) is 25.8. The summed E-state index contributed by atoms with van der Waals surface area (Å²) in [5.41, 5.74) is 6.27. The first-order valence-electron chi connectivity index (χ1n) is 12.4. The molecule has 0 saturated heterocycles. The average molecular weight is 525 g/mol. The monoisotopic (exact) mass is 524 g/mol. The van der Waals surface area contributed by atoms with Crippen molar-refractivity contribution in [2.75, 3.05) is 21.0 Å². The van der Waals surface area contributed by atoms with Gasteiger partial charge in [-0.1, -0.05) is 47.7 Å². The van der Waals surface area contributed by atoms with E-state index >= 15 is 0 Å². The number of allylic oxidation sites excluding steroid dienone is 1. The summed E-state index contributed by atoms with van der Waals surface area (Å²) in [6.45, 7) is 0.208. The van der Waals surface area contributed by atoms with E-state index in [9.17, 15) is 4.79 Å². The standard InChI is InChI=1S/C30H24N2O5S/c1-34-22-12-9-19(15-24(22)35-2)28-21-10-8-18-5-3-4-6-20(18)27(21)31-30-32(28)29(33)26(38-30)14-17-7-11-23-25(13-17)37-16-36-23/h3-7,9,11-15,28H,8,10,16H2,1-2H3/b26-14-. The van der Waals surface area contributed by atoms with Crippen LogP contribution in [0.15, 0.2) is 76.0 Å². The quantitative estimate of drug-likeness (QED) is 0.403. The number of rotatable bonds is 4. The van der Waals surface area contributed by atoms with Crippen LogP contribution < -0.4 is 33.8 Å². The first kappa shape index (κ1) is 22.9. The van der Waals surface area contributed by atoms with Crippen LogP contribution in [0.1, 0.15) is 34.7 Å². The van der Waals surface area contributed by atoms with Crippen molar-refractivity contribution in [1.82, 2.24) is 4.57 Å². The molecule has 0 fully saturated rings. The maximum absolute atomic E-state index is 14.0. The van der Waals surface area contributed by atoms with E-state index in [1.807, 2.05) is 53.1 Å². The zero-order valence-electron chi connectivity index (χ0n) is 20.9. The Morgan fingerprint density at radius 3 is 2.68 bits per heavy atom. The summed E-state index contributed by atoms with van der Waals surface area (Å²) < 4.78 is 24.5. The molecule has 0 saturated carbocycles. The van der Waals surface area contributed by atoms with E-state index in [1.54, 1.807) is 14.2 Å². The minimum absolute atomic E-state index is 0.0726. The van der Waals surface area contributed by atoms with Crippen molar-refractivity contribution in [1.29, 1.82) is 0 Å². The lowest BCUT2D eigenvalue weighted by Gasteiger charge is -2.31. The number of nitrogens with zero attached hydrogens (tertiary/aromatic N) is 2. The fourth-order valence-electron chi connectivity index (χ4n) is 5.50. The van der Waals surface area contributed by atoms with E-state index in [2.05, 4.69) is 18.2 Å². The van der Waals surface area contributed by atoms with Gasteiger partial charge in [-0.05, 0) is 65.4 Å². The lowest BCUT2D eigenvalue weighted by molar-refractivity contribution is 0.174. The highest BCUT2D eigenvalue weighted by molar-refractivity contribution is 7.07. The largest absolute Gasteiger partial charge is 0.493 e. The molecule has 1 aromatic heterocycles. The van der Waals surface area contributed by atoms with Crippen molar-refractivity contribution in [2.45, 2.75) is 18.9 Å². The van der Waals surface area contributed by atoms with Crippen LogP contribution in [0.3, 0.4) is 0 Å². The molecule has 0 amide bonds. The molecular formula is C30H24N2O5S. The second-order valence-electron chi connectivity index (χ2n) is 9.34. The fourth-order valence-corrected chi connectivity index (χ4v) is 6.50. The summed E-state index contributed by atoms with van der Waals surface area (Å²) in [5.74, 6) is 2.67. The van der Waals surface area contributed by atoms with Gasteiger partial charge in [-0.3, -0.25) is 9.36 Å². The van der Waals surface area contributed by atoms with Gasteiger partial charge in [-0.15, -0.1) is 0 Å². The summed E-state index contributed by atoms with van der Waals surface area (Å²) in [6.07, 6.45) is 3.62. The van der Waals surface area contributed by atoms with E-state index in [-0.39, 0.29) is 18.4 Å². The second-order valence-corrected chi connectivity index (χ2v) is 10.3. The smallest absolute Gasteiger partial charge is 0.271 e. The number of aromatic nitrogens is 1. The van der Waals surface area contributed by atoms with Gasteiger partial charge in [0, 0.05) is 5.56 Å². The van der Waals surface area contributed by atoms with E-state index in [0.29, 0.717) is 32.3 Å². The highest BCUT2D eigenvalue weighted by atomic mass is 32.1. The molecule has 1 unspecified atom stereocenters. The molecule has 3 heterocycles. The molecule has 7 nitrogen and oxygen atoms in total. The SMILES string of the molecule is COc1ccc(C2C3=C(N=c4s/c(=C\c5ccc6c(c5)OCO6)c(=O)n42)c2ccccc2CC3)cc1OC. The molecular weight excluding hydrogens is 500 g/mol. The minimum atomic E-state index is -0.298. The van der Waals surface area contributed by atoms with Crippen LogP contribution in [0.5, 0.6) is 23.0 Å². The summed E-state index contributed by atoms with van der Waals surface area (Å²) >= 11 is 1.40. The summed E-state index contributed by atoms with van der Waals surface area (Å²) in [7, 11) is 3.25. The van der Waals surface area contributed by atoms with Crippen molar-refractivity contribution in [3.8, 4) is 23.0 Å². The van der Waals surface area contributed by atoms with Crippen molar-refractivity contribution < 1.29 is 18.9 Å². The Bertz CT molecular complexity index is 1820. The molecule has 1 aliphatic carbocycles. The molecule has 3 aromatic carbocycles. The number of ether oxygens (including phenoxy) is 4. The Morgan fingerprint density at radius 2 is 1.82 bits per heavy atom. The van der Waals surface area contributed by atoms with E-state index in [4.69, 9.17) is 23.9 Å². The molecule has 4 aromatic rings. The molecule has 0 spiro atoms. The van der Waals surface area contributed by atoms with Gasteiger partial charge in [0.25, 0.3) is 5.56 Å². The van der Waals surface area contributed by atoms with Crippen LogP contribution in [0.4, 0.5) is 0 Å². The molecule has 8 heteroatoms. The van der Waals surface area contributed by atoms with E-state index in [0.717, 1.165) is 40.8 Å². The number of aryl methyl sites for hydroxylation is 1. The summed E-state index contributed by atoms with van der Waals surface area (Å²) in [5, 5.41) is 0. The fraction of sp³-hybridized carbons (Fsp3) is 0.200. The Kier molecular flexibility index (Phi) is 5.37. The molecule has 0 bridgehead atoms. The molecule has 1 atom stereocenters. The van der Waals surface area contributed by atoms with Gasteiger partial charge < -0.3 is 18.9 Å². The van der Waals surface area contributed by atoms with Gasteiger partial charge in [0.05, 0.1) is 30.5 Å². The zero-order valence-corrected chi connectivity index (χ0v) is 21.7. The van der Waals surface area contributed by atoms with Crippen LogP contribution in [0.25, 0.3) is 11.8 Å². The normalized spacial score (nSPS) is 17.4. The van der Waals surface area contributed by atoms with Crippen molar-refractivity contribution >= 4 is 23.1 Å². The second kappa shape index (κ2) is 8.92. The molecule has 0 N–H and O–H groups in total. The highest BCUT2D eigenvalue weighted by Crippen LogP contribution is 2.42. The number of methoxy groups -OCH3 is 2. The van der Waals surface area contributed by atoms with Crippen molar-refractivity contribution in [2.24, 2.45) is 4.99 Å². The van der Waals surface area contributed by atoms with Crippen molar-refractivity contribution in [3.05, 3.63) is 108 Å². The minimum Gasteiger partial charge on any atom is -0.493 e. The summed E-state index contributed by atoms with van der Waals surface area (Å²) in [6, 6.07) is 19.7. The first-order chi connectivity index (χ1) is 18.6.